The van der Waals surface area contributed by atoms with Crippen LogP contribution in [-0.2, 0) is 4.79 Å². The standard InChI is InChI=1S/C12H12BrFN2O/c1-2-3-8(7-15)12(17)16-9-4-5-11(14)10(13)6-9/h4-6,8H,2-3H2,1H3,(H,16,17). The van der Waals surface area contributed by atoms with Crippen LogP contribution in [0, 0.1) is 23.1 Å². The van der Waals surface area contributed by atoms with Crippen molar-refractivity contribution in [1.82, 2.24) is 0 Å². The van der Waals surface area contributed by atoms with Crippen molar-refractivity contribution in [3.8, 4) is 6.07 Å². The average Bonchev–Trinajstić information content (AvgIpc) is 2.30. The predicted octanol–water partition coefficient (Wildman–Crippen LogP) is 3.47. The lowest BCUT2D eigenvalue weighted by Gasteiger charge is -2.09. The normalized spacial score (nSPS) is 11.6. The van der Waals surface area contributed by atoms with Gasteiger partial charge in [0.2, 0.25) is 5.91 Å². The molecule has 1 aromatic rings. The molecule has 17 heavy (non-hydrogen) atoms. The number of nitrogens with zero attached hydrogens (tertiary/aromatic N) is 1. The number of rotatable bonds is 4. The van der Waals surface area contributed by atoms with Gasteiger partial charge in [0.1, 0.15) is 11.7 Å². The number of hydrogen-bond donors (Lipinski definition) is 1. The third-order valence-corrected chi connectivity index (χ3v) is 2.84. The van der Waals surface area contributed by atoms with E-state index in [1.807, 2.05) is 13.0 Å². The van der Waals surface area contributed by atoms with E-state index < -0.39 is 11.7 Å². The molecule has 5 heteroatoms. The van der Waals surface area contributed by atoms with Crippen LogP contribution in [-0.4, -0.2) is 5.91 Å². The van der Waals surface area contributed by atoms with Crippen molar-refractivity contribution in [2.24, 2.45) is 5.92 Å². The van der Waals surface area contributed by atoms with Gasteiger partial charge in [0.25, 0.3) is 0 Å². The topological polar surface area (TPSA) is 52.9 Å². The van der Waals surface area contributed by atoms with Crippen LogP contribution in [0.2, 0.25) is 0 Å². The van der Waals surface area contributed by atoms with Crippen LogP contribution in [0.25, 0.3) is 0 Å². The van der Waals surface area contributed by atoms with Crippen molar-refractivity contribution >= 4 is 27.5 Å². The number of benzene rings is 1. The van der Waals surface area contributed by atoms with E-state index in [0.29, 0.717) is 12.1 Å². The van der Waals surface area contributed by atoms with Gasteiger partial charge in [-0.25, -0.2) is 4.39 Å². The Hall–Kier alpha value is -1.41. The number of amides is 1. The molecule has 0 saturated carbocycles. The van der Waals surface area contributed by atoms with E-state index in [1.165, 1.54) is 18.2 Å². The van der Waals surface area contributed by atoms with E-state index in [-0.39, 0.29) is 10.4 Å². The van der Waals surface area contributed by atoms with Gasteiger partial charge in [0, 0.05) is 5.69 Å². The monoisotopic (exact) mass is 298 g/mol. The minimum Gasteiger partial charge on any atom is -0.325 e. The van der Waals surface area contributed by atoms with Crippen LogP contribution in [0.4, 0.5) is 10.1 Å². The lowest BCUT2D eigenvalue weighted by molar-refractivity contribution is -0.118. The van der Waals surface area contributed by atoms with E-state index in [4.69, 9.17) is 5.26 Å². The number of halogens is 2. The molecule has 3 nitrogen and oxygen atoms in total. The van der Waals surface area contributed by atoms with Crippen molar-refractivity contribution in [3.63, 3.8) is 0 Å². The quantitative estimate of drug-likeness (QED) is 0.925. The van der Waals surface area contributed by atoms with Crippen molar-refractivity contribution < 1.29 is 9.18 Å². The molecule has 0 aliphatic carbocycles. The summed E-state index contributed by atoms with van der Waals surface area (Å²) in [6.07, 6.45) is 1.28. The Bertz CT molecular complexity index is 456. The molecule has 0 radical (unpaired) electrons. The molecule has 1 atom stereocenters. The number of carbonyl (C=O) groups is 1. The molecule has 0 saturated heterocycles. The Morgan fingerprint density at radius 1 is 1.65 bits per heavy atom. The molecule has 1 N–H and O–H groups in total. The minimum absolute atomic E-state index is 0.277. The number of hydrogen-bond acceptors (Lipinski definition) is 2. The van der Waals surface area contributed by atoms with E-state index >= 15 is 0 Å². The third kappa shape index (κ3) is 3.82. The van der Waals surface area contributed by atoms with Gasteiger partial charge < -0.3 is 5.32 Å². The molecular weight excluding hydrogens is 287 g/mol. The molecule has 0 fully saturated rings. The number of nitrogens with one attached hydrogen (secondary N) is 1. The zero-order chi connectivity index (χ0) is 12.8. The molecule has 0 spiro atoms. The molecule has 1 amide bonds. The lowest BCUT2D eigenvalue weighted by atomic mass is 10.0. The van der Waals surface area contributed by atoms with Gasteiger partial charge >= 0.3 is 0 Å². The minimum atomic E-state index is -0.663. The Balaban J connectivity index is 2.74. The molecule has 0 bridgehead atoms. The van der Waals surface area contributed by atoms with Crippen LogP contribution in [0.5, 0.6) is 0 Å². The van der Waals surface area contributed by atoms with Gasteiger partial charge in [-0.15, -0.1) is 0 Å². The summed E-state index contributed by atoms with van der Waals surface area (Å²) in [6, 6.07) is 6.12. The van der Waals surface area contributed by atoms with E-state index in [9.17, 15) is 9.18 Å². The zero-order valence-electron chi connectivity index (χ0n) is 9.34. The first-order valence-electron chi connectivity index (χ1n) is 5.24. The molecule has 0 heterocycles. The fourth-order valence-corrected chi connectivity index (χ4v) is 1.72. The molecule has 0 aliphatic heterocycles. The van der Waals surface area contributed by atoms with Crippen LogP contribution >= 0.6 is 15.9 Å². The van der Waals surface area contributed by atoms with Crippen LogP contribution in [0.3, 0.4) is 0 Å². The first kappa shape index (κ1) is 13.7. The highest BCUT2D eigenvalue weighted by Crippen LogP contribution is 2.20. The fourth-order valence-electron chi connectivity index (χ4n) is 1.35. The highest BCUT2D eigenvalue weighted by molar-refractivity contribution is 9.10. The molecule has 90 valence electrons. The Morgan fingerprint density at radius 2 is 2.35 bits per heavy atom. The molecule has 0 aromatic heterocycles. The van der Waals surface area contributed by atoms with E-state index in [1.54, 1.807) is 0 Å². The fraction of sp³-hybridized carbons (Fsp3) is 0.333. The van der Waals surface area contributed by atoms with E-state index in [2.05, 4.69) is 21.2 Å². The molecule has 1 unspecified atom stereocenters. The Labute approximate surface area is 108 Å². The second kappa shape index (κ2) is 6.36. The van der Waals surface area contributed by atoms with Crippen molar-refractivity contribution in [2.75, 3.05) is 5.32 Å². The number of carbonyl (C=O) groups excluding carboxylic acids is 1. The zero-order valence-corrected chi connectivity index (χ0v) is 10.9. The maximum atomic E-state index is 13.0. The van der Waals surface area contributed by atoms with Crippen LogP contribution < -0.4 is 5.32 Å². The largest absolute Gasteiger partial charge is 0.325 e. The summed E-state index contributed by atoms with van der Waals surface area (Å²) in [5.74, 6) is -1.41. The van der Waals surface area contributed by atoms with Crippen molar-refractivity contribution in [2.45, 2.75) is 19.8 Å². The third-order valence-electron chi connectivity index (χ3n) is 2.24. The average molecular weight is 299 g/mol. The first-order valence-corrected chi connectivity index (χ1v) is 6.03. The van der Waals surface area contributed by atoms with Crippen LogP contribution in [0.1, 0.15) is 19.8 Å². The van der Waals surface area contributed by atoms with Gasteiger partial charge in [-0.3, -0.25) is 4.79 Å². The molecule has 0 aliphatic rings. The molecule has 1 aromatic carbocycles. The van der Waals surface area contributed by atoms with Gasteiger partial charge in [-0.05, 0) is 40.5 Å². The summed E-state index contributed by atoms with van der Waals surface area (Å²) in [6.45, 7) is 1.91. The molecular formula is C12H12BrFN2O. The summed E-state index contributed by atoms with van der Waals surface area (Å²) in [5, 5.41) is 11.4. The second-order valence-electron chi connectivity index (χ2n) is 3.59. The summed E-state index contributed by atoms with van der Waals surface area (Å²) in [7, 11) is 0. The highest BCUT2D eigenvalue weighted by atomic mass is 79.9. The second-order valence-corrected chi connectivity index (χ2v) is 4.44. The Kier molecular flexibility index (Phi) is 5.11. The predicted molar refractivity (Wildman–Crippen MR) is 66.7 cm³/mol. The summed E-state index contributed by atoms with van der Waals surface area (Å²) < 4.78 is 13.2. The van der Waals surface area contributed by atoms with Gasteiger partial charge in [-0.1, -0.05) is 13.3 Å². The smallest absolute Gasteiger partial charge is 0.241 e. The van der Waals surface area contributed by atoms with Gasteiger partial charge in [-0.2, -0.15) is 5.26 Å². The van der Waals surface area contributed by atoms with Crippen molar-refractivity contribution in [3.05, 3.63) is 28.5 Å². The first-order chi connectivity index (χ1) is 8.08. The van der Waals surface area contributed by atoms with Gasteiger partial charge in [0.05, 0.1) is 10.5 Å². The van der Waals surface area contributed by atoms with Crippen molar-refractivity contribution in [1.29, 1.82) is 5.26 Å². The highest BCUT2D eigenvalue weighted by Gasteiger charge is 2.16. The van der Waals surface area contributed by atoms with E-state index in [0.717, 1.165) is 6.42 Å². The lowest BCUT2D eigenvalue weighted by Crippen LogP contribution is -2.21. The maximum absolute atomic E-state index is 13.0. The van der Waals surface area contributed by atoms with Gasteiger partial charge in [0.15, 0.2) is 0 Å². The summed E-state index contributed by atoms with van der Waals surface area (Å²) in [5.41, 5.74) is 0.472. The summed E-state index contributed by atoms with van der Waals surface area (Å²) in [4.78, 5) is 11.7. The maximum Gasteiger partial charge on any atom is 0.241 e. The number of nitriles is 1. The number of anilines is 1. The van der Waals surface area contributed by atoms with Crippen LogP contribution in [0.15, 0.2) is 22.7 Å². The molecule has 1 rings (SSSR count). The Morgan fingerprint density at radius 3 is 2.88 bits per heavy atom. The summed E-state index contributed by atoms with van der Waals surface area (Å²) >= 11 is 3.03. The SMILES string of the molecule is CCCC(C#N)C(=O)Nc1ccc(F)c(Br)c1.